The predicted molar refractivity (Wildman–Crippen MR) is 84.4 cm³/mol. The van der Waals surface area contributed by atoms with Gasteiger partial charge in [-0.1, -0.05) is 6.07 Å². The van der Waals surface area contributed by atoms with Gasteiger partial charge in [0.15, 0.2) is 0 Å². The molecule has 6 nitrogen and oxygen atoms in total. The molecule has 0 aliphatic carbocycles. The fourth-order valence-electron chi connectivity index (χ4n) is 1.81. The number of hydrogen-bond acceptors (Lipinski definition) is 5. The van der Waals surface area contributed by atoms with Crippen LogP contribution in [0.5, 0.6) is 0 Å². The van der Waals surface area contributed by atoms with E-state index in [9.17, 15) is 8.42 Å². The molecule has 21 heavy (non-hydrogen) atoms. The molecule has 2 rings (SSSR count). The normalized spacial score (nSPS) is 11.6. The third kappa shape index (κ3) is 3.58. The average molecular weight is 371 g/mol. The molecule has 0 radical (unpaired) electrons. The van der Waals surface area contributed by atoms with Crippen LogP contribution in [0.3, 0.4) is 0 Å². The maximum absolute atomic E-state index is 12.7. The van der Waals surface area contributed by atoms with Crippen molar-refractivity contribution >= 4 is 31.8 Å². The monoisotopic (exact) mass is 370 g/mol. The fraction of sp³-hybridized carbons (Fsp3) is 0.231. The standard InChI is InChI=1S/C13H15BrN4O2S/c1-15-13-12(6-11(14)8-17-13)21(19,20)18(2)9-10-4-3-5-16-7-10/h3-8H,9H2,1-2H3,(H,15,17). The van der Waals surface area contributed by atoms with Gasteiger partial charge in [-0.05, 0) is 33.6 Å². The molecule has 0 aliphatic rings. The molecule has 0 unspecified atom stereocenters. The van der Waals surface area contributed by atoms with Crippen LogP contribution in [0.2, 0.25) is 0 Å². The van der Waals surface area contributed by atoms with E-state index in [1.807, 2.05) is 6.07 Å². The second-order valence-electron chi connectivity index (χ2n) is 4.37. The highest BCUT2D eigenvalue weighted by Crippen LogP contribution is 2.25. The van der Waals surface area contributed by atoms with Gasteiger partial charge in [0.2, 0.25) is 10.0 Å². The van der Waals surface area contributed by atoms with Crippen LogP contribution < -0.4 is 5.32 Å². The number of sulfonamides is 1. The van der Waals surface area contributed by atoms with E-state index in [0.717, 1.165) is 5.56 Å². The zero-order chi connectivity index (χ0) is 15.5. The molecule has 2 heterocycles. The lowest BCUT2D eigenvalue weighted by Gasteiger charge is -2.18. The molecular formula is C13H15BrN4O2S. The molecule has 1 N–H and O–H groups in total. The van der Waals surface area contributed by atoms with Gasteiger partial charge < -0.3 is 5.32 Å². The Bertz CT molecular complexity index is 722. The van der Waals surface area contributed by atoms with Crippen LogP contribution in [-0.4, -0.2) is 36.8 Å². The van der Waals surface area contributed by atoms with Gasteiger partial charge in [0.05, 0.1) is 0 Å². The molecule has 0 spiro atoms. The smallest absolute Gasteiger partial charge is 0.246 e. The number of nitrogens with zero attached hydrogens (tertiary/aromatic N) is 3. The van der Waals surface area contributed by atoms with Crippen LogP contribution in [0.25, 0.3) is 0 Å². The van der Waals surface area contributed by atoms with Gasteiger partial charge in [-0.3, -0.25) is 4.98 Å². The summed E-state index contributed by atoms with van der Waals surface area (Å²) >= 11 is 3.25. The first-order valence-electron chi connectivity index (χ1n) is 6.13. The van der Waals surface area contributed by atoms with E-state index in [1.165, 1.54) is 17.4 Å². The number of pyridine rings is 2. The lowest BCUT2D eigenvalue weighted by Crippen LogP contribution is -2.27. The SMILES string of the molecule is CNc1ncc(Br)cc1S(=O)(=O)N(C)Cc1cccnc1. The number of nitrogens with one attached hydrogen (secondary N) is 1. The maximum Gasteiger partial charge on any atom is 0.246 e. The molecule has 2 aromatic heterocycles. The van der Waals surface area contributed by atoms with Crippen LogP contribution in [-0.2, 0) is 16.6 Å². The van der Waals surface area contributed by atoms with E-state index in [1.54, 1.807) is 31.7 Å². The summed E-state index contributed by atoms with van der Waals surface area (Å²) in [5.74, 6) is 0.316. The predicted octanol–water partition coefficient (Wildman–Crippen LogP) is 2.10. The van der Waals surface area contributed by atoms with Crippen molar-refractivity contribution < 1.29 is 8.42 Å². The van der Waals surface area contributed by atoms with Crippen LogP contribution in [0.15, 0.2) is 46.2 Å². The molecule has 0 saturated carbocycles. The molecule has 0 fully saturated rings. The highest BCUT2D eigenvalue weighted by molar-refractivity contribution is 9.10. The molecule has 112 valence electrons. The number of hydrogen-bond donors (Lipinski definition) is 1. The maximum atomic E-state index is 12.7. The number of aromatic nitrogens is 2. The molecule has 0 aliphatic heterocycles. The zero-order valence-corrected chi connectivity index (χ0v) is 14.0. The molecule has 0 amide bonds. The Morgan fingerprint density at radius 1 is 1.38 bits per heavy atom. The second kappa shape index (κ2) is 6.50. The van der Waals surface area contributed by atoms with E-state index >= 15 is 0 Å². The van der Waals surface area contributed by atoms with Crippen molar-refractivity contribution in [3.8, 4) is 0 Å². The average Bonchev–Trinajstić information content (AvgIpc) is 2.48. The van der Waals surface area contributed by atoms with Gasteiger partial charge in [-0.25, -0.2) is 13.4 Å². The van der Waals surface area contributed by atoms with Gasteiger partial charge in [-0.15, -0.1) is 0 Å². The largest absolute Gasteiger partial charge is 0.372 e. The lowest BCUT2D eigenvalue weighted by molar-refractivity contribution is 0.466. The lowest BCUT2D eigenvalue weighted by atomic mass is 10.3. The van der Waals surface area contributed by atoms with Crippen molar-refractivity contribution in [1.29, 1.82) is 0 Å². The summed E-state index contributed by atoms with van der Waals surface area (Å²) in [5, 5.41) is 2.80. The van der Waals surface area contributed by atoms with Gasteiger partial charge in [0.1, 0.15) is 10.7 Å². The van der Waals surface area contributed by atoms with Crippen molar-refractivity contribution in [2.75, 3.05) is 19.4 Å². The summed E-state index contributed by atoms with van der Waals surface area (Å²) < 4.78 is 27.2. The van der Waals surface area contributed by atoms with Crippen LogP contribution >= 0.6 is 15.9 Å². The zero-order valence-electron chi connectivity index (χ0n) is 11.6. The van der Waals surface area contributed by atoms with Gasteiger partial charge in [0.25, 0.3) is 0 Å². The highest BCUT2D eigenvalue weighted by atomic mass is 79.9. The van der Waals surface area contributed by atoms with Crippen molar-refractivity contribution in [2.45, 2.75) is 11.4 Å². The van der Waals surface area contributed by atoms with E-state index < -0.39 is 10.0 Å². The minimum atomic E-state index is -3.65. The van der Waals surface area contributed by atoms with Crippen molar-refractivity contribution in [3.63, 3.8) is 0 Å². The first kappa shape index (κ1) is 15.9. The molecule has 0 aromatic carbocycles. The van der Waals surface area contributed by atoms with Crippen molar-refractivity contribution in [3.05, 3.63) is 46.8 Å². The van der Waals surface area contributed by atoms with Gasteiger partial charge >= 0.3 is 0 Å². The Morgan fingerprint density at radius 3 is 2.76 bits per heavy atom. The number of rotatable bonds is 5. The molecule has 2 aromatic rings. The summed E-state index contributed by atoms with van der Waals surface area (Å²) in [6, 6.07) is 5.14. The molecule has 8 heteroatoms. The van der Waals surface area contributed by atoms with E-state index in [2.05, 4.69) is 31.2 Å². The third-order valence-corrected chi connectivity index (χ3v) is 5.12. The van der Waals surface area contributed by atoms with Crippen molar-refractivity contribution in [1.82, 2.24) is 14.3 Å². The van der Waals surface area contributed by atoms with Crippen LogP contribution in [0.4, 0.5) is 5.82 Å². The number of anilines is 1. The Balaban J connectivity index is 2.35. The highest BCUT2D eigenvalue weighted by Gasteiger charge is 2.25. The Labute approximate surface area is 132 Å². The summed E-state index contributed by atoms with van der Waals surface area (Å²) in [7, 11) is -0.486. The van der Waals surface area contributed by atoms with Gasteiger partial charge in [0, 0.05) is 43.7 Å². The number of halogens is 1. The molecule has 0 saturated heterocycles. The summed E-state index contributed by atoms with van der Waals surface area (Å²) in [6.07, 6.45) is 4.84. The van der Waals surface area contributed by atoms with Crippen molar-refractivity contribution in [2.24, 2.45) is 0 Å². The molecule has 0 atom stereocenters. The second-order valence-corrected chi connectivity index (χ2v) is 7.30. The van der Waals surface area contributed by atoms with Crippen LogP contribution in [0.1, 0.15) is 5.56 Å². The van der Waals surface area contributed by atoms with E-state index in [4.69, 9.17) is 0 Å². The fourth-order valence-corrected chi connectivity index (χ4v) is 3.62. The van der Waals surface area contributed by atoms with E-state index in [-0.39, 0.29) is 11.4 Å². The topological polar surface area (TPSA) is 75.2 Å². The minimum Gasteiger partial charge on any atom is -0.372 e. The Kier molecular flexibility index (Phi) is 4.92. The Hall–Kier alpha value is -1.51. The molecular weight excluding hydrogens is 356 g/mol. The Morgan fingerprint density at radius 2 is 2.14 bits per heavy atom. The van der Waals surface area contributed by atoms with E-state index in [0.29, 0.717) is 10.3 Å². The summed E-state index contributed by atoms with van der Waals surface area (Å²) in [6.45, 7) is 0.242. The first-order chi connectivity index (χ1) is 9.95. The van der Waals surface area contributed by atoms with Gasteiger partial charge in [-0.2, -0.15) is 4.31 Å². The minimum absolute atomic E-state index is 0.130. The quantitative estimate of drug-likeness (QED) is 0.871. The first-order valence-corrected chi connectivity index (χ1v) is 8.37. The van der Waals surface area contributed by atoms with Crippen LogP contribution in [0, 0.1) is 0 Å². The summed E-state index contributed by atoms with van der Waals surface area (Å²) in [4.78, 5) is 8.19. The summed E-state index contributed by atoms with van der Waals surface area (Å²) in [5.41, 5.74) is 0.817. The third-order valence-electron chi connectivity index (χ3n) is 2.87. The molecule has 0 bridgehead atoms.